The van der Waals surface area contributed by atoms with E-state index < -0.39 is 0 Å². The third-order valence-corrected chi connectivity index (χ3v) is 5.46. The molecular weight excluding hydrogens is 400 g/mol. The monoisotopic (exact) mass is 427 g/mol. The maximum atomic E-state index is 13.2. The van der Waals surface area contributed by atoms with Crippen LogP contribution < -0.4 is 14.8 Å². The summed E-state index contributed by atoms with van der Waals surface area (Å²) in [6, 6.07) is 10.8. The van der Waals surface area contributed by atoms with Crippen LogP contribution in [0.1, 0.15) is 49.7 Å². The summed E-state index contributed by atoms with van der Waals surface area (Å²) < 4.78 is 24.8. The van der Waals surface area contributed by atoms with Crippen molar-refractivity contribution in [2.24, 2.45) is 0 Å². The molecule has 0 aromatic heterocycles. The number of benzene rings is 2. The zero-order valence-corrected chi connectivity index (χ0v) is 17.8. The van der Waals surface area contributed by atoms with Crippen LogP contribution in [0.4, 0.5) is 4.39 Å². The third kappa shape index (κ3) is 6.26. The van der Waals surface area contributed by atoms with Gasteiger partial charge in [0.2, 0.25) is 0 Å². The SMILES string of the molecule is COc1cccc(CNC2CCCCCC2)c1OCc1ccc(F)cc1Cl.Cl. The molecule has 0 spiro atoms. The fraction of sp³-hybridized carbons (Fsp3) is 0.455. The van der Waals surface area contributed by atoms with Gasteiger partial charge in [0.15, 0.2) is 11.5 Å². The molecule has 1 fully saturated rings. The molecule has 0 heterocycles. The number of methoxy groups -OCH3 is 1. The molecule has 1 N–H and O–H groups in total. The van der Waals surface area contributed by atoms with Crippen molar-refractivity contribution in [1.82, 2.24) is 5.32 Å². The van der Waals surface area contributed by atoms with Crippen molar-refractivity contribution in [3.63, 3.8) is 0 Å². The van der Waals surface area contributed by atoms with E-state index in [0.717, 1.165) is 17.7 Å². The van der Waals surface area contributed by atoms with Crippen LogP contribution in [-0.2, 0) is 13.2 Å². The molecule has 0 amide bonds. The summed E-state index contributed by atoms with van der Waals surface area (Å²) in [6.07, 6.45) is 7.72. The topological polar surface area (TPSA) is 30.5 Å². The first-order valence-electron chi connectivity index (χ1n) is 9.63. The minimum absolute atomic E-state index is 0. The van der Waals surface area contributed by atoms with Crippen LogP contribution in [0.15, 0.2) is 36.4 Å². The minimum Gasteiger partial charge on any atom is -0.493 e. The maximum absolute atomic E-state index is 13.2. The van der Waals surface area contributed by atoms with Crippen molar-refractivity contribution in [3.05, 3.63) is 58.4 Å². The van der Waals surface area contributed by atoms with Crippen molar-refractivity contribution in [2.75, 3.05) is 7.11 Å². The Morgan fingerprint density at radius 3 is 2.50 bits per heavy atom. The van der Waals surface area contributed by atoms with Gasteiger partial charge in [-0.1, -0.05) is 55.5 Å². The van der Waals surface area contributed by atoms with Gasteiger partial charge < -0.3 is 14.8 Å². The van der Waals surface area contributed by atoms with E-state index in [2.05, 4.69) is 5.32 Å². The van der Waals surface area contributed by atoms with Gasteiger partial charge in [-0.3, -0.25) is 0 Å². The first kappa shape index (κ1) is 22.8. The second kappa shape index (κ2) is 11.5. The van der Waals surface area contributed by atoms with Crippen LogP contribution in [0, 0.1) is 5.82 Å². The van der Waals surface area contributed by atoms with E-state index in [1.165, 1.54) is 50.7 Å². The van der Waals surface area contributed by atoms with Crippen LogP contribution in [0.2, 0.25) is 5.02 Å². The number of para-hydroxylation sites is 1. The quantitative estimate of drug-likeness (QED) is 0.525. The first-order chi connectivity index (χ1) is 13.2. The van der Waals surface area contributed by atoms with Crippen molar-refractivity contribution >= 4 is 24.0 Å². The van der Waals surface area contributed by atoms with Gasteiger partial charge >= 0.3 is 0 Å². The molecule has 1 saturated carbocycles. The molecule has 0 aliphatic heterocycles. The molecule has 2 aromatic rings. The van der Waals surface area contributed by atoms with Gasteiger partial charge in [-0.15, -0.1) is 12.4 Å². The van der Waals surface area contributed by atoms with E-state index in [1.54, 1.807) is 13.2 Å². The number of nitrogens with one attached hydrogen (secondary N) is 1. The Labute approximate surface area is 178 Å². The lowest BCUT2D eigenvalue weighted by Gasteiger charge is -2.19. The van der Waals surface area contributed by atoms with Gasteiger partial charge in [0.05, 0.1) is 12.1 Å². The fourth-order valence-electron chi connectivity index (χ4n) is 3.55. The Kier molecular flexibility index (Phi) is 9.36. The zero-order valence-electron chi connectivity index (χ0n) is 16.2. The second-order valence-corrected chi connectivity index (χ2v) is 7.45. The molecule has 2 aromatic carbocycles. The minimum atomic E-state index is -0.352. The average Bonchev–Trinajstić information content (AvgIpc) is 2.94. The lowest BCUT2D eigenvalue weighted by Crippen LogP contribution is -2.28. The molecule has 0 radical (unpaired) electrons. The van der Waals surface area contributed by atoms with E-state index in [-0.39, 0.29) is 24.8 Å². The second-order valence-electron chi connectivity index (χ2n) is 7.04. The summed E-state index contributed by atoms with van der Waals surface area (Å²) in [4.78, 5) is 0. The molecule has 0 saturated heterocycles. The van der Waals surface area contributed by atoms with Crippen LogP contribution >= 0.6 is 24.0 Å². The van der Waals surface area contributed by atoms with Crippen molar-refractivity contribution in [3.8, 4) is 11.5 Å². The Hall–Kier alpha value is -1.49. The predicted octanol–water partition coefficient (Wildman–Crippen LogP) is 6.30. The van der Waals surface area contributed by atoms with E-state index >= 15 is 0 Å². The molecule has 3 rings (SSSR count). The van der Waals surface area contributed by atoms with Gasteiger partial charge in [-0.25, -0.2) is 4.39 Å². The zero-order chi connectivity index (χ0) is 19.1. The van der Waals surface area contributed by atoms with E-state index in [4.69, 9.17) is 21.1 Å². The maximum Gasteiger partial charge on any atom is 0.166 e. The Balaban J connectivity index is 0.00000280. The lowest BCUT2D eigenvalue weighted by atomic mass is 10.1. The molecule has 1 aliphatic carbocycles. The van der Waals surface area contributed by atoms with Crippen LogP contribution in [-0.4, -0.2) is 13.2 Å². The van der Waals surface area contributed by atoms with E-state index in [9.17, 15) is 4.39 Å². The van der Waals surface area contributed by atoms with Crippen molar-refractivity contribution < 1.29 is 13.9 Å². The summed E-state index contributed by atoms with van der Waals surface area (Å²) in [5.74, 6) is 1.05. The molecule has 1 aliphatic rings. The van der Waals surface area contributed by atoms with E-state index in [0.29, 0.717) is 22.6 Å². The summed E-state index contributed by atoms with van der Waals surface area (Å²) in [7, 11) is 1.63. The van der Waals surface area contributed by atoms with Gasteiger partial charge in [0, 0.05) is 23.7 Å². The summed E-state index contributed by atoms with van der Waals surface area (Å²) in [6.45, 7) is 0.990. The highest BCUT2D eigenvalue weighted by atomic mass is 35.5. The van der Waals surface area contributed by atoms with Gasteiger partial charge in [0.25, 0.3) is 0 Å². The van der Waals surface area contributed by atoms with Crippen LogP contribution in [0.5, 0.6) is 11.5 Å². The summed E-state index contributed by atoms with van der Waals surface area (Å²) >= 11 is 6.12. The normalized spacial score (nSPS) is 14.8. The molecule has 154 valence electrons. The molecule has 0 atom stereocenters. The largest absolute Gasteiger partial charge is 0.493 e. The molecule has 6 heteroatoms. The molecule has 28 heavy (non-hydrogen) atoms. The van der Waals surface area contributed by atoms with Crippen molar-refractivity contribution in [2.45, 2.75) is 57.7 Å². The molecular formula is C22H28Cl2FNO2. The Morgan fingerprint density at radius 1 is 1.07 bits per heavy atom. The summed E-state index contributed by atoms with van der Waals surface area (Å²) in [5.41, 5.74) is 1.79. The third-order valence-electron chi connectivity index (χ3n) is 5.10. The number of rotatable bonds is 7. The van der Waals surface area contributed by atoms with Crippen molar-refractivity contribution in [1.29, 1.82) is 0 Å². The van der Waals surface area contributed by atoms with Gasteiger partial charge in [0.1, 0.15) is 12.4 Å². The van der Waals surface area contributed by atoms with E-state index in [1.807, 2.05) is 18.2 Å². The van der Waals surface area contributed by atoms with Crippen LogP contribution in [0.3, 0.4) is 0 Å². The molecule has 0 unspecified atom stereocenters. The highest BCUT2D eigenvalue weighted by molar-refractivity contribution is 6.31. The van der Waals surface area contributed by atoms with Gasteiger partial charge in [-0.05, 0) is 31.0 Å². The molecule has 0 bridgehead atoms. The number of ether oxygens (including phenoxy) is 2. The lowest BCUT2D eigenvalue weighted by molar-refractivity contribution is 0.280. The standard InChI is InChI=1S/C22H27ClFNO2.ClH/c1-26-21-10-6-7-16(14-25-19-8-4-2-3-5-9-19)22(21)27-15-17-11-12-18(24)13-20(17)23;/h6-7,10-13,19,25H,2-5,8-9,14-15H2,1H3;1H. The smallest absolute Gasteiger partial charge is 0.166 e. The predicted molar refractivity (Wildman–Crippen MR) is 114 cm³/mol. The first-order valence-corrected chi connectivity index (χ1v) is 10.0. The average molecular weight is 428 g/mol. The highest BCUT2D eigenvalue weighted by Crippen LogP contribution is 2.33. The fourth-order valence-corrected chi connectivity index (χ4v) is 3.77. The number of hydrogen-bond donors (Lipinski definition) is 1. The van der Waals surface area contributed by atoms with Gasteiger partial charge in [-0.2, -0.15) is 0 Å². The highest BCUT2D eigenvalue weighted by Gasteiger charge is 2.15. The summed E-state index contributed by atoms with van der Waals surface area (Å²) in [5, 5.41) is 4.04. The Bertz CT molecular complexity index is 749. The molecule has 3 nitrogen and oxygen atoms in total. The number of halogens is 3. The number of hydrogen-bond acceptors (Lipinski definition) is 3. The van der Waals surface area contributed by atoms with Crippen LogP contribution in [0.25, 0.3) is 0 Å². The Morgan fingerprint density at radius 2 is 1.82 bits per heavy atom.